The van der Waals surface area contributed by atoms with E-state index < -0.39 is 15.9 Å². The monoisotopic (exact) mass is 380 g/mol. The molecule has 10 heteroatoms. The first-order valence-corrected chi connectivity index (χ1v) is 9.65. The first-order valence-electron chi connectivity index (χ1n) is 8.17. The summed E-state index contributed by atoms with van der Waals surface area (Å²) in [5, 5.41) is 6.38. The average molecular weight is 380 g/mol. The van der Waals surface area contributed by atoms with Crippen molar-refractivity contribution in [3.8, 4) is 5.75 Å². The maximum absolute atomic E-state index is 12.5. The van der Waals surface area contributed by atoms with E-state index in [4.69, 9.17) is 9.26 Å². The van der Waals surface area contributed by atoms with Crippen LogP contribution in [0.25, 0.3) is 0 Å². The number of nitrogens with zero attached hydrogens (tertiary/aromatic N) is 2. The summed E-state index contributed by atoms with van der Waals surface area (Å²) in [7, 11) is -2.36. The van der Waals surface area contributed by atoms with Gasteiger partial charge in [-0.1, -0.05) is 5.16 Å². The number of methoxy groups -OCH3 is 1. The van der Waals surface area contributed by atoms with E-state index in [-0.39, 0.29) is 28.8 Å². The van der Waals surface area contributed by atoms with Crippen LogP contribution in [0.1, 0.15) is 34.9 Å². The zero-order chi connectivity index (χ0) is 18.7. The highest BCUT2D eigenvalue weighted by Crippen LogP contribution is 2.28. The van der Waals surface area contributed by atoms with Gasteiger partial charge >= 0.3 is 0 Å². The minimum absolute atomic E-state index is 0.0416. The van der Waals surface area contributed by atoms with Gasteiger partial charge in [-0.25, -0.2) is 13.1 Å². The van der Waals surface area contributed by atoms with Crippen molar-refractivity contribution in [2.24, 2.45) is 0 Å². The van der Waals surface area contributed by atoms with E-state index in [0.717, 1.165) is 12.8 Å². The number of carbonyl (C=O) groups is 1. The minimum Gasteiger partial charge on any atom is -0.495 e. The Morgan fingerprint density at radius 2 is 2.15 bits per heavy atom. The van der Waals surface area contributed by atoms with Gasteiger partial charge in [0.2, 0.25) is 15.9 Å². The first kappa shape index (κ1) is 18.3. The Hall–Kier alpha value is -2.46. The topological polar surface area (TPSA) is 123 Å². The highest BCUT2D eigenvalue weighted by molar-refractivity contribution is 7.89. The molecule has 0 unspecified atom stereocenters. The molecule has 1 fully saturated rings. The van der Waals surface area contributed by atoms with E-state index in [9.17, 15) is 13.2 Å². The number of aromatic nitrogens is 2. The fourth-order valence-electron chi connectivity index (χ4n) is 2.34. The molecule has 2 aromatic rings. The molecule has 1 aliphatic rings. The lowest BCUT2D eigenvalue weighted by molar-refractivity contribution is 0.0953. The highest BCUT2D eigenvalue weighted by Gasteiger charge is 2.30. The van der Waals surface area contributed by atoms with Crippen molar-refractivity contribution in [2.75, 3.05) is 13.7 Å². The highest BCUT2D eigenvalue weighted by atomic mass is 32.2. The Balaban J connectivity index is 1.70. The number of carbonyl (C=O) groups excluding carboxylic acids is 1. The summed E-state index contributed by atoms with van der Waals surface area (Å²) in [5.74, 6) is 0.747. The number of nitrogens with one attached hydrogen (secondary N) is 2. The van der Waals surface area contributed by atoms with Gasteiger partial charge in [-0.15, -0.1) is 0 Å². The number of hydrogen-bond acceptors (Lipinski definition) is 7. The standard InChI is InChI=1S/C16H20N4O5S/c1-10-18-15(25-19-10)7-8-17-16(21)11-3-6-13(24-2)14(9-11)26(22,23)20-12-4-5-12/h3,6,9,12,20H,4-5,7-8H2,1-2H3,(H,17,21). The Morgan fingerprint density at radius 3 is 2.77 bits per heavy atom. The summed E-state index contributed by atoms with van der Waals surface area (Å²) in [4.78, 5) is 16.3. The molecule has 140 valence electrons. The molecule has 26 heavy (non-hydrogen) atoms. The largest absolute Gasteiger partial charge is 0.495 e. The van der Waals surface area contributed by atoms with Gasteiger partial charge in [0.05, 0.1) is 7.11 Å². The van der Waals surface area contributed by atoms with Gasteiger partial charge in [0, 0.05) is 24.6 Å². The van der Waals surface area contributed by atoms with Crippen LogP contribution in [-0.4, -0.2) is 44.2 Å². The second-order valence-electron chi connectivity index (χ2n) is 6.00. The summed E-state index contributed by atoms with van der Waals surface area (Å²) in [6.07, 6.45) is 2.02. The van der Waals surface area contributed by atoms with Gasteiger partial charge in [0.25, 0.3) is 5.91 Å². The summed E-state index contributed by atoms with van der Waals surface area (Å²) < 4.78 is 37.7. The Labute approximate surface area is 151 Å². The second kappa shape index (κ2) is 7.42. The summed E-state index contributed by atoms with van der Waals surface area (Å²) in [5.41, 5.74) is 0.226. The van der Waals surface area contributed by atoms with Crippen molar-refractivity contribution < 1.29 is 22.5 Å². The van der Waals surface area contributed by atoms with E-state index in [0.29, 0.717) is 18.1 Å². The van der Waals surface area contributed by atoms with Crippen LogP contribution in [0.2, 0.25) is 0 Å². The molecule has 9 nitrogen and oxygen atoms in total. The Bertz CT molecular complexity index is 905. The van der Waals surface area contributed by atoms with Gasteiger partial charge in [-0.2, -0.15) is 4.98 Å². The molecule has 0 saturated heterocycles. The molecule has 1 aromatic heterocycles. The maximum Gasteiger partial charge on any atom is 0.251 e. The van der Waals surface area contributed by atoms with E-state index in [1.807, 2.05) is 0 Å². The second-order valence-corrected chi connectivity index (χ2v) is 7.68. The van der Waals surface area contributed by atoms with E-state index in [1.54, 1.807) is 6.92 Å². The van der Waals surface area contributed by atoms with Gasteiger partial charge in [0.15, 0.2) is 5.82 Å². The third-order valence-electron chi connectivity index (χ3n) is 3.81. The van der Waals surface area contributed by atoms with Gasteiger partial charge in [0.1, 0.15) is 10.6 Å². The molecular formula is C16H20N4O5S. The average Bonchev–Trinajstić information content (AvgIpc) is 3.32. The Kier molecular flexibility index (Phi) is 5.23. The molecule has 1 amide bonds. The molecule has 1 aromatic carbocycles. The molecule has 0 aliphatic heterocycles. The summed E-state index contributed by atoms with van der Waals surface area (Å²) in [6, 6.07) is 4.26. The number of sulfonamides is 1. The lowest BCUT2D eigenvalue weighted by Crippen LogP contribution is -2.28. The normalized spacial score (nSPS) is 14.2. The molecule has 2 N–H and O–H groups in total. The number of amides is 1. The SMILES string of the molecule is COc1ccc(C(=O)NCCc2nc(C)no2)cc1S(=O)(=O)NC1CC1. The van der Waals surface area contributed by atoms with Crippen molar-refractivity contribution in [2.45, 2.75) is 37.1 Å². The van der Waals surface area contributed by atoms with Crippen LogP contribution in [0, 0.1) is 6.92 Å². The molecule has 3 rings (SSSR count). The van der Waals surface area contributed by atoms with Crippen LogP contribution in [0.15, 0.2) is 27.6 Å². The molecular weight excluding hydrogens is 360 g/mol. The predicted octanol–water partition coefficient (Wildman–Crippen LogP) is 0.800. The molecule has 0 bridgehead atoms. The molecule has 1 saturated carbocycles. The zero-order valence-corrected chi connectivity index (χ0v) is 15.3. The number of aryl methyl sites for hydroxylation is 1. The van der Waals surface area contributed by atoms with Gasteiger partial charge in [-0.3, -0.25) is 4.79 Å². The fraction of sp³-hybridized carbons (Fsp3) is 0.438. The van der Waals surface area contributed by atoms with E-state index in [1.165, 1.54) is 25.3 Å². The lowest BCUT2D eigenvalue weighted by atomic mass is 10.2. The van der Waals surface area contributed by atoms with Crippen molar-refractivity contribution in [3.05, 3.63) is 35.5 Å². The molecule has 0 atom stereocenters. The Morgan fingerprint density at radius 1 is 1.38 bits per heavy atom. The van der Waals surface area contributed by atoms with E-state index in [2.05, 4.69) is 20.2 Å². The number of ether oxygens (including phenoxy) is 1. The number of hydrogen-bond donors (Lipinski definition) is 2. The van der Waals surface area contributed by atoms with Crippen LogP contribution in [0.5, 0.6) is 5.75 Å². The van der Waals surface area contributed by atoms with Crippen LogP contribution < -0.4 is 14.8 Å². The zero-order valence-electron chi connectivity index (χ0n) is 14.5. The quantitative estimate of drug-likeness (QED) is 0.694. The summed E-state index contributed by atoms with van der Waals surface area (Å²) >= 11 is 0. The van der Waals surface area contributed by atoms with Crippen molar-refractivity contribution in [1.29, 1.82) is 0 Å². The van der Waals surface area contributed by atoms with Crippen molar-refractivity contribution in [3.63, 3.8) is 0 Å². The number of rotatable bonds is 8. The van der Waals surface area contributed by atoms with Crippen molar-refractivity contribution in [1.82, 2.24) is 20.2 Å². The lowest BCUT2D eigenvalue weighted by Gasteiger charge is -2.12. The van der Waals surface area contributed by atoms with Crippen molar-refractivity contribution >= 4 is 15.9 Å². The third-order valence-corrected chi connectivity index (χ3v) is 5.35. The first-order chi connectivity index (χ1) is 12.4. The summed E-state index contributed by atoms with van der Waals surface area (Å²) in [6.45, 7) is 2.00. The van der Waals surface area contributed by atoms with Gasteiger partial charge < -0.3 is 14.6 Å². The van der Waals surface area contributed by atoms with E-state index >= 15 is 0 Å². The van der Waals surface area contributed by atoms with Gasteiger partial charge in [-0.05, 0) is 38.0 Å². The van der Waals surface area contributed by atoms with Crippen LogP contribution in [0.4, 0.5) is 0 Å². The fourth-order valence-corrected chi connectivity index (χ4v) is 3.84. The molecule has 0 radical (unpaired) electrons. The minimum atomic E-state index is -3.74. The number of benzene rings is 1. The third kappa shape index (κ3) is 4.38. The maximum atomic E-state index is 12.5. The molecule has 1 heterocycles. The van der Waals surface area contributed by atoms with Crippen LogP contribution >= 0.6 is 0 Å². The predicted molar refractivity (Wildman–Crippen MR) is 91.4 cm³/mol. The molecule has 1 aliphatic carbocycles. The van der Waals surface area contributed by atoms with Crippen LogP contribution in [-0.2, 0) is 16.4 Å². The molecule has 0 spiro atoms. The smallest absolute Gasteiger partial charge is 0.251 e. The van der Waals surface area contributed by atoms with Crippen LogP contribution in [0.3, 0.4) is 0 Å².